The van der Waals surface area contributed by atoms with E-state index in [0.29, 0.717) is 7.53 Å². The molecule has 0 radical (unpaired) electrons. The number of alkyl halides is 24. The number of furan rings is 2. The number of nitro groups is 2. The lowest BCUT2D eigenvalue weighted by atomic mass is 9.12. The van der Waals surface area contributed by atoms with Crippen molar-refractivity contribution >= 4 is 39.8 Å². The predicted octanol–water partition coefficient (Wildman–Crippen LogP) is 10.0. The maximum Gasteiger partial charge on any atom is 0.443 e. The topological polar surface area (TPSA) is 113 Å². The Balaban J connectivity index is 0.000000500. The molecule has 6 rings (SSSR count). The van der Waals surface area contributed by atoms with Gasteiger partial charge in [-0.1, -0.05) is 48.5 Å². The van der Waals surface area contributed by atoms with Crippen LogP contribution >= 0.6 is 0 Å². The molecule has 2 aromatic heterocycles. The lowest BCUT2D eigenvalue weighted by molar-refractivity contribution is -0.639. The summed E-state index contributed by atoms with van der Waals surface area (Å²) >= 11 is -0.923. The van der Waals surface area contributed by atoms with Crippen molar-refractivity contribution in [2.24, 2.45) is 0 Å². The lowest BCUT2D eigenvalue weighted by Crippen LogP contribution is -3.61. The Bertz CT molecular complexity index is 2580. The average molecular weight is 1210 g/mol. The van der Waals surface area contributed by atoms with Gasteiger partial charge in [-0.15, -0.1) is 0 Å². The van der Waals surface area contributed by atoms with Crippen molar-refractivity contribution in [1.82, 2.24) is 0 Å². The zero-order valence-electron chi connectivity index (χ0n) is 34.6. The normalized spacial score (nSPS) is 13.4. The van der Waals surface area contributed by atoms with Gasteiger partial charge >= 0.3 is 89.9 Å². The third-order valence-electron chi connectivity index (χ3n) is 10.1. The van der Waals surface area contributed by atoms with Crippen LogP contribution in [0.2, 0.25) is 0 Å². The molecule has 0 N–H and O–H groups in total. The summed E-state index contributed by atoms with van der Waals surface area (Å²) in [6, 6.07) is -3.38. The van der Waals surface area contributed by atoms with Gasteiger partial charge in [-0.25, -0.2) is 0 Å². The van der Waals surface area contributed by atoms with Gasteiger partial charge in [0.2, 0.25) is 0 Å². The summed E-state index contributed by atoms with van der Waals surface area (Å²) in [6.07, 6.45) is -54.8. The van der Waals surface area contributed by atoms with Crippen LogP contribution in [0.25, 0.3) is 0 Å². The minimum Gasteiger partial charge on any atom is -0.359 e. The van der Waals surface area contributed by atoms with E-state index in [1.165, 1.54) is 24.3 Å². The number of rotatable bonds is 8. The molecular formula is C40H16BF24IN2O6. The maximum absolute atomic E-state index is 14.2. The van der Waals surface area contributed by atoms with Gasteiger partial charge in [-0.05, 0) is 24.3 Å². The van der Waals surface area contributed by atoms with E-state index in [2.05, 4.69) is 0 Å². The van der Waals surface area contributed by atoms with E-state index >= 15 is 0 Å². The van der Waals surface area contributed by atoms with Gasteiger partial charge in [0.25, 0.3) is 0 Å². The zero-order chi connectivity index (χ0) is 56.3. The Labute approximate surface area is 403 Å². The van der Waals surface area contributed by atoms with Gasteiger partial charge in [0.15, 0.2) is 0 Å². The van der Waals surface area contributed by atoms with Crippen molar-refractivity contribution in [1.29, 1.82) is 0 Å². The molecule has 0 aliphatic carbocycles. The van der Waals surface area contributed by atoms with Crippen LogP contribution in [0.15, 0.2) is 106 Å². The highest BCUT2D eigenvalue weighted by Crippen LogP contribution is 2.41. The van der Waals surface area contributed by atoms with E-state index < -0.39 is 226 Å². The van der Waals surface area contributed by atoms with Crippen molar-refractivity contribution in [2.45, 2.75) is 49.4 Å². The fourth-order valence-electron chi connectivity index (χ4n) is 7.07. The number of halogens is 25. The molecule has 0 saturated heterocycles. The number of hydrogen-bond acceptors (Lipinski definition) is 6. The quantitative estimate of drug-likeness (QED) is 0.0494. The third-order valence-corrected chi connectivity index (χ3v) is 12.3. The minimum atomic E-state index is -6.13. The Morgan fingerprint density at radius 2 is 0.500 bits per heavy atom. The van der Waals surface area contributed by atoms with E-state index in [4.69, 9.17) is 8.83 Å². The standard InChI is InChI=1S/C32H12BF24.C8H4IN2O6/c34-25(35,36)13-1-14(26(37,38)39)6-21(5-13)33(22-7-15(27(40,41)42)2-16(8-22)28(43,44)45,23-9-17(29(46,47)48)3-18(10-23)30(49,50)51)24-11-19(31(52,53)54)4-20(12-24)32(55,56)57;12-10(13)7-3-1-5(16-7)9-6-2-4-8(17-6)11(14)15/h1-12H;1-4H/q-1;+1. The molecule has 34 heteroatoms. The first-order valence-electron chi connectivity index (χ1n) is 18.8. The van der Waals surface area contributed by atoms with E-state index in [1.807, 2.05) is 0 Å². The summed E-state index contributed by atoms with van der Waals surface area (Å²) in [7, 11) is 0. The Kier molecular flexibility index (Phi) is 15.4. The van der Waals surface area contributed by atoms with Crippen molar-refractivity contribution in [3.05, 3.63) is 169 Å². The Morgan fingerprint density at radius 3 is 0.635 bits per heavy atom. The molecule has 0 atom stereocenters. The highest BCUT2D eigenvalue weighted by atomic mass is 127. The van der Waals surface area contributed by atoms with Gasteiger partial charge in [0, 0.05) is 12.1 Å². The van der Waals surface area contributed by atoms with Gasteiger partial charge < -0.3 is 8.83 Å². The van der Waals surface area contributed by atoms with E-state index in [0.717, 1.165) is 0 Å². The highest BCUT2D eigenvalue weighted by molar-refractivity contribution is 7.20. The molecule has 74 heavy (non-hydrogen) atoms. The van der Waals surface area contributed by atoms with Crippen LogP contribution < -0.4 is 43.1 Å². The fourth-order valence-corrected chi connectivity index (χ4v) is 8.98. The van der Waals surface area contributed by atoms with Gasteiger partial charge in [0.1, 0.15) is 16.0 Å². The second-order valence-electron chi connectivity index (χ2n) is 15.0. The SMILES string of the molecule is FC(F)(F)c1cc([B-](c2cc(C(F)(F)F)cc(C(F)(F)F)c2)(c2cc(C(F)(F)F)cc(C(F)(F)F)c2)c2cc(C(F)(F)F)cc(C(F)(F)F)c2)cc(C(F)(F)F)c1.O=[N+]([O-])c1ccc([I+]c2ccc([N+](=O)[O-])o2)o1. The minimum absolute atomic E-state index is 0.347. The summed E-state index contributed by atoms with van der Waals surface area (Å²) in [4.78, 5) is 19.5. The predicted molar refractivity (Wildman–Crippen MR) is 198 cm³/mol. The van der Waals surface area contributed by atoms with Crippen LogP contribution in [0.3, 0.4) is 0 Å². The fraction of sp³-hybridized carbons (Fsp3) is 0.200. The van der Waals surface area contributed by atoms with Crippen LogP contribution in [0.5, 0.6) is 0 Å². The second kappa shape index (κ2) is 19.6. The lowest BCUT2D eigenvalue weighted by Gasteiger charge is -2.46. The molecule has 0 saturated carbocycles. The van der Waals surface area contributed by atoms with Crippen LogP contribution in [0.4, 0.5) is 117 Å². The molecular weight excluding hydrogens is 1200 g/mol. The van der Waals surface area contributed by atoms with Crippen LogP contribution in [0, 0.1) is 27.8 Å². The third kappa shape index (κ3) is 13.2. The summed E-state index contributed by atoms with van der Waals surface area (Å²) in [6.45, 7) is 0. The smallest absolute Gasteiger partial charge is 0.359 e. The van der Waals surface area contributed by atoms with Gasteiger partial charge in [0.05, 0.1) is 56.6 Å². The van der Waals surface area contributed by atoms with Crippen LogP contribution in [-0.2, 0) is 49.4 Å². The molecule has 0 aliphatic rings. The monoisotopic (exact) mass is 1210 g/mol. The first-order valence-corrected chi connectivity index (χ1v) is 21.0. The molecule has 2 heterocycles. The van der Waals surface area contributed by atoms with Gasteiger partial charge in [-0.3, -0.25) is 20.2 Å². The van der Waals surface area contributed by atoms with Crippen molar-refractivity contribution in [3.63, 3.8) is 0 Å². The summed E-state index contributed by atoms with van der Waals surface area (Å²) in [5.74, 6) is -0.693. The molecule has 0 unspecified atom stereocenters. The zero-order valence-corrected chi connectivity index (χ0v) is 36.8. The first-order chi connectivity index (χ1) is 33.3. The molecule has 0 bridgehead atoms. The molecule has 0 fully saturated rings. The van der Waals surface area contributed by atoms with Crippen molar-refractivity contribution in [2.75, 3.05) is 0 Å². The number of nitrogens with zero attached hydrogens (tertiary/aromatic N) is 2. The molecule has 0 amide bonds. The van der Waals surface area contributed by atoms with E-state index in [-0.39, 0.29) is 11.8 Å². The largest absolute Gasteiger partial charge is 0.443 e. The van der Waals surface area contributed by atoms with E-state index in [9.17, 15) is 126 Å². The van der Waals surface area contributed by atoms with Crippen molar-refractivity contribution < 1.29 is 145 Å². The summed E-state index contributed by atoms with van der Waals surface area (Å²) in [5.41, 5.74) is -30.2. The Hall–Kier alpha value is -6.65. The summed E-state index contributed by atoms with van der Waals surface area (Å²) in [5, 5.41) is 20.7. The molecule has 0 aliphatic heterocycles. The van der Waals surface area contributed by atoms with Crippen LogP contribution in [-0.4, -0.2) is 16.0 Å². The van der Waals surface area contributed by atoms with E-state index in [1.54, 1.807) is 0 Å². The number of benzene rings is 4. The first kappa shape index (κ1) is 58.2. The maximum atomic E-state index is 14.2. The molecule has 6 aromatic rings. The Morgan fingerprint density at radius 1 is 0.324 bits per heavy atom. The molecule has 400 valence electrons. The molecule has 0 spiro atoms. The van der Waals surface area contributed by atoms with Crippen LogP contribution in [0.1, 0.15) is 44.5 Å². The summed E-state index contributed by atoms with van der Waals surface area (Å²) < 4.78 is 352. The molecule has 4 aromatic carbocycles. The van der Waals surface area contributed by atoms with Crippen molar-refractivity contribution in [3.8, 4) is 0 Å². The highest BCUT2D eigenvalue weighted by Gasteiger charge is 2.47. The molecule has 8 nitrogen and oxygen atoms in total. The number of hydrogen-bond donors (Lipinski definition) is 0. The second-order valence-corrected chi connectivity index (χ2v) is 17.7. The van der Waals surface area contributed by atoms with Gasteiger partial charge in [-0.2, -0.15) is 127 Å². The average Bonchev–Trinajstić information content (AvgIpc) is 3.92.